The molecule has 0 aliphatic rings. The minimum Gasteiger partial charge on any atom is -0.462 e. The number of unbranched alkanes of at least 4 members (excludes halogenated alkanes) is 18. The monoisotopic (exact) mass is 967 g/mol. The predicted octanol–water partition coefficient (Wildman–Crippen LogP) is 19.9. The maximum atomic E-state index is 12.9. The molecular weight excluding hydrogens is 861 g/mol. The zero-order valence-corrected chi connectivity index (χ0v) is 45.5. The highest BCUT2D eigenvalue weighted by atomic mass is 16.6. The van der Waals surface area contributed by atoms with Crippen LogP contribution in [0.3, 0.4) is 0 Å². The van der Waals surface area contributed by atoms with Crippen molar-refractivity contribution in [2.45, 2.75) is 245 Å². The fourth-order valence-electron chi connectivity index (χ4n) is 7.44. The Bertz CT molecular complexity index is 1470. The van der Waals surface area contributed by atoms with Crippen molar-refractivity contribution in [3.8, 4) is 0 Å². The van der Waals surface area contributed by atoms with Gasteiger partial charge >= 0.3 is 11.9 Å². The maximum Gasteiger partial charge on any atom is 0.306 e. The quantitative estimate of drug-likeness (QED) is 0.0345. The normalized spacial score (nSPS) is 13.2. The van der Waals surface area contributed by atoms with Crippen LogP contribution in [0.2, 0.25) is 0 Å². The van der Waals surface area contributed by atoms with Crippen LogP contribution in [-0.2, 0) is 23.8 Å². The summed E-state index contributed by atoms with van der Waals surface area (Å²) in [5, 5.41) is 0. The number of esters is 2. The first kappa shape index (κ1) is 66.0. The topological polar surface area (TPSA) is 61.8 Å². The maximum absolute atomic E-state index is 12.9. The summed E-state index contributed by atoms with van der Waals surface area (Å²) in [4.78, 5) is 25.5. The van der Waals surface area contributed by atoms with E-state index in [9.17, 15) is 9.59 Å². The van der Waals surface area contributed by atoms with E-state index < -0.39 is 6.10 Å². The summed E-state index contributed by atoms with van der Waals surface area (Å²) in [6.07, 6.45) is 84.7. The third kappa shape index (κ3) is 56.6. The van der Waals surface area contributed by atoms with Gasteiger partial charge in [-0.3, -0.25) is 9.59 Å². The average molecular weight is 968 g/mol. The van der Waals surface area contributed by atoms with Crippen LogP contribution in [0.1, 0.15) is 239 Å². The van der Waals surface area contributed by atoms with Gasteiger partial charge in [0.2, 0.25) is 0 Å². The number of hydrogen-bond acceptors (Lipinski definition) is 5. The number of rotatable bonds is 51. The van der Waals surface area contributed by atoms with Crippen molar-refractivity contribution in [3.63, 3.8) is 0 Å². The Morgan fingerprint density at radius 2 is 0.643 bits per heavy atom. The summed E-state index contributed by atoms with van der Waals surface area (Å²) < 4.78 is 17.4. The SMILES string of the molecule is CC/C=C\C/C=C\C/C=C\C/C=C\C/C=C\CCCCCC(=O)OCC(COCCCCCCCCC/C=C\C/C=C\C/C=C\CCCCC)OC(=O)CCCCCCC/C=C\C/C=C\C/C=C\CC. The number of ether oxygens (including phenoxy) is 3. The van der Waals surface area contributed by atoms with Crippen LogP contribution in [0.4, 0.5) is 0 Å². The molecule has 0 N–H and O–H groups in total. The van der Waals surface area contributed by atoms with Gasteiger partial charge in [0.05, 0.1) is 6.61 Å². The van der Waals surface area contributed by atoms with Crippen molar-refractivity contribution in [1.29, 1.82) is 0 Å². The van der Waals surface area contributed by atoms with E-state index in [2.05, 4.69) is 154 Å². The second-order valence-electron chi connectivity index (χ2n) is 18.4. The molecule has 0 aromatic carbocycles. The van der Waals surface area contributed by atoms with Crippen LogP contribution in [0, 0.1) is 0 Å². The van der Waals surface area contributed by atoms with Crippen LogP contribution >= 0.6 is 0 Å². The Morgan fingerprint density at radius 1 is 0.329 bits per heavy atom. The van der Waals surface area contributed by atoms with E-state index in [1.54, 1.807) is 0 Å². The van der Waals surface area contributed by atoms with Gasteiger partial charge in [0, 0.05) is 19.4 Å². The lowest BCUT2D eigenvalue weighted by Gasteiger charge is -2.18. The highest BCUT2D eigenvalue weighted by molar-refractivity contribution is 5.70. The molecule has 1 unspecified atom stereocenters. The second-order valence-corrected chi connectivity index (χ2v) is 18.4. The van der Waals surface area contributed by atoms with E-state index >= 15 is 0 Å². The molecule has 5 nitrogen and oxygen atoms in total. The smallest absolute Gasteiger partial charge is 0.306 e. The molecule has 0 spiro atoms. The minimum absolute atomic E-state index is 0.0482. The molecule has 0 rings (SSSR count). The van der Waals surface area contributed by atoms with E-state index in [0.29, 0.717) is 19.4 Å². The summed E-state index contributed by atoms with van der Waals surface area (Å²) in [6.45, 7) is 7.49. The lowest BCUT2D eigenvalue weighted by molar-refractivity contribution is -0.163. The molecule has 0 bridgehead atoms. The highest BCUT2D eigenvalue weighted by Crippen LogP contribution is 2.13. The molecule has 0 saturated carbocycles. The molecule has 1 atom stereocenters. The number of carbonyl (C=O) groups is 2. The number of hydrogen-bond donors (Lipinski definition) is 0. The van der Waals surface area contributed by atoms with Gasteiger partial charge in [-0.25, -0.2) is 0 Å². The minimum atomic E-state index is -0.575. The van der Waals surface area contributed by atoms with Gasteiger partial charge < -0.3 is 14.2 Å². The van der Waals surface area contributed by atoms with E-state index in [-0.39, 0.29) is 25.2 Å². The molecule has 70 heavy (non-hydrogen) atoms. The fraction of sp³-hybridized carbons (Fsp3) is 0.631. The van der Waals surface area contributed by atoms with Crippen molar-refractivity contribution < 1.29 is 23.8 Å². The van der Waals surface area contributed by atoms with Crippen molar-refractivity contribution in [2.75, 3.05) is 19.8 Å². The standard InChI is InChI=1S/C65H106O5/c1-4-7-10-13-16-19-22-25-28-30-32-34-36-39-42-45-48-51-54-57-60-68-61-63(70-65(67)59-56-53-50-47-44-41-37-27-24-21-18-15-12-9-6-3)62-69-64(66)58-55-52-49-46-43-40-38-35-33-31-29-26-23-20-17-14-11-8-5-2/h8-9,11-12,16-21,25-29,32-35,37,40,43,63H,4-7,10,13-15,22-24,30-31,36,38-39,41-42,44-62H2,1-3H3/b11-8-,12-9-,19-16-,20-17-,21-18-,28-25-,29-26-,34-32-,35-33-,37-27-,43-40-. The molecule has 0 saturated heterocycles. The third-order valence-electron chi connectivity index (χ3n) is 11.7. The number of allylic oxidation sites excluding steroid dienone is 22. The molecule has 396 valence electrons. The summed E-state index contributed by atoms with van der Waals surface area (Å²) >= 11 is 0. The van der Waals surface area contributed by atoms with Gasteiger partial charge in [-0.1, -0.05) is 225 Å². The van der Waals surface area contributed by atoms with Crippen molar-refractivity contribution in [3.05, 3.63) is 134 Å². The summed E-state index contributed by atoms with van der Waals surface area (Å²) in [7, 11) is 0. The van der Waals surface area contributed by atoms with E-state index in [4.69, 9.17) is 14.2 Å². The van der Waals surface area contributed by atoms with Gasteiger partial charge in [-0.2, -0.15) is 0 Å². The first-order valence-corrected chi connectivity index (χ1v) is 28.7. The Labute approximate surface area is 432 Å². The first-order chi connectivity index (χ1) is 34.6. The Balaban J connectivity index is 4.41. The van der Waals surface area contributed by atoms with Crippen LogP contribution < -0.4 is 0 Å². The molecule has 0 aromatic rings. The predicted molar refractivity (Wildman–Crippen MR) is 306 cm³/mol. The molecule has 0 heterocycles. The fourth-order valence-corrected chi connectivity index (χ4v) is 7.44. The van der Waals surface area contributed by atoms with E-state index in [0.717, 1.165) is 128 Å². The molecule has 0 amide bonds. The van der Waals surface area contributed by atoms with Crippen molar-refractivity contribution in [2.24, 2.45) is 0 Å². The molecule has 0 aliphatic heterocycles. The van der Waals surface area contributed by atoms with E-state index in [1.165, 1.54) is 77.0 Å². The largest absolute Gasteiger partial charge is 0.462 e. The zero-order chi connectivity index (χ0) is 50.6. The molecule has 5 heteroatoms. The van der Waals surface area contributed by atoms with Crippen molar-refractivity contribution in [1.82, 2.24) is 0 Å². The van der Waals surface area contributed by atoms with Gasteiger partial charge in [0.1, 0.15) is 6.61 Å². The summed E-state index contributed by atoms with van der Waals surface area (Å²) in [6, 6.07) is 0. The van der Waals surface area contributed by atoms with Gasteiger partial charge in [0.25, 0.3) is 0 Å². The molecule has 0 radical (unpaired) electrons. The second kappa shape index (κ2) is 59.3. The average Bonchev–Trinajstić information content (AvgIpc) is 3.36. The Kier molecular flexibility index (Phi) is 56.0. The zero-order valence-electron chi connectivity index (χ0n) is 45.5. The van der Waals surface area contributed by atoms with Gasteiger partial charge in [0.15, 0.2) is 6.10 Å². The van der Waals surface area contributed by atoms with E-state index in [1.807, 2.05) is 0 Å². The van der Waals surface area contributed by atoms with Crippen LogP contribution in [0.15, 0.2) is 134 Å². The Hall–Kier alpha value is -3.96. The molecule has 0 aliphatic carbocycles. The first-order valence-electron chi connectivity index (χ1n) is 28.7. The number of carbonyl (C=O) groups excluding carboxylic acids is 2. The molecular formula is C65H106O5. The van der Waals surface area contributed by atoms with Crippen molar-refractivity contribution >= 4 is 11.9 Å². The molecule has 0 fully saturated rings. The van der Waals surface area contributed by atoms with Crippen LogP contribution in [0.25, 0.3) is 0 Å². The summed E-state index contributed by atoms with van der Waals surface area (Å²) in [5.74, 6) is -0.466. The third-order valence-corrected chi connectivity index (χ3v) is 11.7. The Morgan fingerprint density at radius 3 is 1.04 bits per heavy atom. The molecule has 0 aromatic heterocycles. The van der Waals surface area contributed by atoms with Gasteiger partial charge in [-0.15, -0.1) is 0 Å². The van der Waals surface area contributed by atoms with Crippen LogP contribution in [0.5, 0.6) is 0 Å². The van der Waals surface area contributed by atoms with Gasteiger partial charge in [-0.05, 0) is 135 Å². The summed E-state index contributed by atoms with van der Waals surface area (Å²) in [5.41, 5.74) is 0. The highest BCUT2D eigenvalue weighted by Gasteiger charge is 2.17. The lowest BCUT2D eigenvalue weighted by Crippen LogP contribution is -2.30. The lowest BCUT2D eigenvalue weighted by atomic mass is 10.1. The van der Waals surface area contributed by atoms with Crippen LogP contribution in [-0.4, -0.2) is 37.9 Å².